The van der Waals surface area contributed by atoms with E-state index in [1.165, 1.54) is 0 Å². The average Bonchev–Trinajstić information content (AvgIpc) is 2.84. The van der Waals surface area contributed by atoms with Gasteiger partial charge in [0.1, 0.15) is 11.8 Å². The molecule has 2 amide bonds. The fraction of sp³-hybridized carbons (Fsp3) is 0.259. The predicted molar refractivity (Wildman–Crippen MR) is 131 cm³/mol. The van der Waals surface area contributed by atoms with Crippen LogP contribution in [0.3, 0.4) is 0 Å². The van der Waals surface area contributed by atoms with Crippen LogP contribution in [0.15, 0.2) is 78.9 Å². The first-order valence-electron chi connectivity index (χ1n) is 11.0. The Morgan fingerprint density at radius 1 is 0.909 bits per heavy atom. The van der Waals surface area contributed by atoms with Crippen molar-refractivity contribution in [3.63, 3.8) is 0 Å². The number of benzene rings is 3. The Hall–Kier alpha value is -3.31. The van der Waals surface area contributed by atoms with Crippen LogP contribution in [0.1, 0.15) is 23.6 Å². The quantitative estimate of drug-likeness (QED) is 0.474. The van der Waals surface area contributed by atoms with Gasteiger partial charge in [-0.3, -0.25) is 9.59 Å². The van der Waals surface area contributed by atoms with Crippen LogP contribution in [0.4, 0.5) is 0 Å². The monoisotopic (exact) mass is 464 g/mol. The first kappa shape index (κ1) is 24.3. The van der Waals surface area contributed by atoms with Crippen molar-refractivity contribution in [3.8, 4) is 5.75 Å². The molecule has 0 saturated heterocycles. The number of rotatable bonds is 10. The lowest BCUT2D eigenvalue weighted by Crippen LogP contribution is -2.50. The summed E-state index contributed by atoms with van der Waals surface area (Å²) < 4.78 is 5.25. The van der Waals surface area contributed by atoms with Gasteiger partial charge in [-0.15, -0.1) is 0 Å². The number of ether oxygens (including phenoxy) is 1. The van der Waals surface area contributed by atoms with Gasteiger partial charge in [0.05, 0.1) is 13.5 Å². The lowest BCUT2D eigenvalue weighted by Gasteiger charge is -2.31. The van der Waals surface area contributed by atoms with E-state index in [0.29, 0.717) is 24.5 Å². The minimum absolute atomic E-state index is 0.125. The van der Waals surface area contributed by atoms with Gasteiger partial charge in [0.2, 0.25) is 11.8 Å². The second-order valence-electron chi connectivity index (χ2n) is 7.77. The molecule has 3 aromatic carbocycles. The molecule has 1 atom stereocenters. The van der Waals surface area contributed by atoms with Gasteiger partial charge in [-0.1, -0.05) is 66.2 Å². The fourth-order valence-electron chi connectivity index (χ4n) is 3.65. The number of hydrogen-bond acceptors (Lipinski definition) is 3. The summed E-state index contributed by atoms with van der Waals surface area (Å²) in [5.41, 5.74) is 2.76. The van der Waals surface area contributed by atoms with Crippen LogP contribution in [0, 0.1) is 0 Å². The molecule has 33 heavy (non-hydrogen) atoms. The largest absolute Gasteiger partial charge is 0.497 e. The number of nitrogens with zero attached hydrogens (tertiary/aromatic N) is 1. The van der Waals surface area contributed by atoms with Crippen molar-refractivity contribution in [2.24, 2.45) is 0 Å². The van der Waals surface area contributed by atoms with Crippen LogP contribution in [-0.4, -0.2) is 36.4 Å². The standard InChI is InChI=1S/C27H29ClN2O3/c1-3-29-27(32)25(17-20-7-5-4-6-8-20)30(19-22-11-15-24(33-2)16-12-22)26(31)18-21-9-13-23(28)14-10-21/h4-16,25H,3,17-19H2,1-2H3,(H,29,32). The first-order chi connectivity index (χ1) is 16.0. The van der Waals surface area contributed by atoms with E-state index in [9.17, 15) is 9.59 Å². The number of amides is 2. The number of carbonyl (C=O) groups excluding carboxylic acids is 2. The molecule has 1 unspecified atom stereocenters. The van der Waals surface area contributed by atoms with Gasteiger partial charge in [-0.05, 0) is 47.9 Å². The van der Waals surface area contributed by atoms with Gasteiger partial charge >= 0.3 is 0 Å². The number of likely N-dealkylation sites (N-methyl/N-ethyl adjacent to an activating group) is 1. The molecule has 3 aromatic rings. The summed E-state index contributed by atoms with van der Waals surface area (Å²) in [6.45, 7) is 2.68. The van der Waals surface area contributed by atoms with Gasteiger partial charge in [-0.25, -0.2) is 0 Å². The highest BCUT2D eigenvalue weighted by molar-refractivity contribution is 6.30. The van der Waals surface area contributed by atoms with E-state index < -0.39 is 6.04 Å². The molecule has 0 aromatic heterocycles. The Morgan fingerprint density at radius 3 is 2.15 bits per heavy atom. The lowest BCUT2D eigenvalue weighted by atomic mass is 10.0. The maximum absolute atomic E-state index is 13.6. The number of carbonyl (C=O) groups is 2. The molecule has 0 heterocycles. The van der Waals surface area contributed by atoms with Crippen LogP contribution in [0.2, 0.25) is 5.02 Å². The van der Waals surface area contributed by atoms with Crippen LogP contribution in [-0.2, 0) is 29.0 Å². The van der Waals surface area contributed by atoms with E-state index in [1.807, 2.05) is 73.7 Å². The van der Waals surface area contributed by atoms with Crippen LogP contribution in [0.5, 0.6) is 5.75 Å². The highest BCUT2D eigenvalue weighted by atomic mass is 35.5. The van der Waals surface area contributed by atoms with Crippen molar-refractivity contribution >= 4 is 23.4 Å². The van der Waals surface area contributed by atoms with Crippen molar-refractivity contribution in [2.75, 3.05) is 13.7 Å². The summed E-state index contributed by atoms with van der Waals surface area (Å²) in [7, 11) is 1.61. The van der Waals surface area contributed by atoms with Gasteiger partial charge in [-0.2, -0.15) is 0 Å². The van der Waals surface area contributed by atoms with Gasteiger partial charge in [0.15, 0.2) is 0 Å². The number of nitrogens with one attached hydrogen (secondary N) is 1. The molecule has 3 rings (SSSR count). The van der Waals surface area contributed by atoms with Gasteiger partial charge in [0, 0.05) is 24.5 Å². The fourth-order valence-corrected chi connectivity index (χ4v) is 3.78. The van der Waals surface area contributed by atoms with E-state index in [-0.39, 0.29) is 18.2 Å². The molecule has 0 aliphatic carbocycles. The average molecular weight is 465 g/mol. The third kappa shape index (κ3) is 7.09. The third-order valence-electron chi connectivity index (χ3n) is 5.40. The van der Waals surface area contributed by atoms with Crippen LogP contribution >= 0.6 is 11.6 Å². The summed E-state index contributed by atoms with van der Waals surface area (Å²) in [5.74, 6) is 0.446. The summed E-state index contributed by atoms with van der Waals surface area (Å²) >= 11 is 6.00. The first-order valence-corrected chi connectivity index (χ1v) is 11.4. The van der Waals surface area contributed by atoms with Gasteiger partial charge < -0.3 is 15.0 Å². The number of methoxy groups -OCH3 is 1. The Bertz CT molecular complexity index is 1040. The van der Waals surface area contributed by atoms with Crippen molar-refractivity contribution in [1.29, 1.82) is 0 Å². The molecule has 1 N–H and O–H groups in total. The molecular formula is C27H29ClN2O3. The molecule has 5 nitrogen and oxygen atoms in total. The van der Waals surface area contributed by atoms with Crippen molar-refractivity contribution in [3.05, 3.63) is 101 Å². The van der Waals surface area contributed by atoms with E-state index in [2.05, 4.69) is 5.32 Å². The molecule has 0 fully saturated rings. The van der Waals surface area contributed by atoms with Crippen molar-refractivity contribution < 1.29 is 14.3 Å². The minimum Gasteiger partial charge on any atom is -0.497 e. The van der Waals surface area contributed by atoms with E-state index >= 15 is 0 Å². The molecule has 0 saturated carbocycles. The van der Waals surface area contributed by atoms with Crippen LogP contribution in [0.25, 0.3) is 0 Å². The highest BCUT2D eigenvalue weighted by Crippen LogP contribution is 2.19. The zero-order valence-electron chi connectivity index (χ0n) is 19.0. The molecule has 172 valence electrons. The molecule has 0 aliphatic rings. The third-order valence-corrected chi connectivity index (χ3v) is 5.65. The minimum atomic E-state index is -0.644. The maximum atomic E-state index is 13.6. The number of halogens is 1. The highest BCUT2D eigenvalue weighted by Gasteiger charge is 2.30. The smallest absolute Gasteiger partial charge is 0.243 e. The molecule has 0 spiro atoms. The molecule has 0 radical (unpaired) electrons. The summed E-state index contributed by atoms with van der Waals surface area (Å²) in [6.07, 6.45) is 0.604. The van der Waals surface area contributed by atoms with Crippen molar-refractivity contribution in [2.45, 2.75) is 32.4 Å². The summed E-state index contributed by atoms with van der Waals surface area (Å²) in [6, 6.07) is 23.9. The van der Waals surface area contributed by atoms with E-state index in [1.54, 1.807) is 24.1 Å². The second kappa shape index (κ2) is 12.1. The zero-order chi connectivity index (χ0) is 23.6. The Labute approximate surface area is 200 Å². The van der Waals surface area contributed by atoms with Crippen LogP contribution < -0.4 is 10.1 Å². The Balaban J connectivity index is 1.93. The normalized spacial score (nSPS) is 11.5. The summed E-state index contributed by atoms with van der Waals surface area (Å²) in [4.78, 5) is 28.4. The Morgan fingerprint density at radius 2 is 1.55 bits per heavy atom. The molecular weight excluding hydrogens is 436 g/mol. The topological polar surface area (TPSA) is 58.6 Å². The number of hydrogen-bond donors (Lipinski definition) is 1. The zero-order valence-corrected chi connectivity index (χ0v) is 19.7. The van der Waals surface area contributed by atoms with Crippen molar-refractivity contribution in [1.82, 2.24) is 10.2 Å². The lowest BCUT2D eigenvalue weighted by molar-refractivity contribution is -0.140. The maximum Gasteiger partial charge on any atom is 0.243 e. The SMILES string of the molecule is CCNC(=O)C(Cc1ccccc1)N(Cc1ccc(OC)cc1)C(=O)Cc1ccc(Cl)cc1. The predicted octanol–water partition coefficient (Wildman–Crippen LogP) is 4.67. The van der Waals surface area contributed by atoms with E-state index in [0.717, 1.165) is 22.4 Å². The second-order valence-corrected chi connectivity index (χ2v) is 8.21. The Kier molecular flexibility index (Phi) is 8.90. The molecule has 0 aliphatic heterocycles. The molecule has 0 bridgehead atoms. The van der Waals surface area contributed by atoms with Gasteiger partial charge in [0.25, 0.3) is 0 Å². The van der Waals surface area contributed by atoms with E-state index in [4.69, 9.17) is 16.3 Å². The molecule has 6 heteroatoms. The summed E-state index contributed by atoms with van der Waals surface area (Å²) in [5, 5.41) is 3.52.